The summed E-state index contributed by atoms with van der Waals surface area (Å²) in [7, 11) is 0. The molecule has 22 heavy (non-hydrogen) atoms. The SMILES string of the molecule is CCCC[C@]1(CC)O[C@@H](n2cc(C)c(=O)[nH]c2=O)[C@H](O)[C@@H]1C. The Hall–Kier alpha value is -1.40. The summed E-state index contributed by atoms with van der Waals surface area (Å²) in [5, 5.41) is 10.6. The number of aromatic nitrogens is 2. The lowest BCUT2D eigenvalue weighted by Crippen LogP contribution is -2.37. The minimum Gasteiger partial charge on any atom is -0.388 e. The van der Waals surface area contributed by atoms with Crippen LogP contribution in [0.5, 0.6) is 0 Å². The summed E-state index contributed by atoms with van der Waals surface area (Å²) < 4.78 is 7.48. The number of aromatic amines is 1. The Morgan fingerprint density at radius 1 is 1.41 bits per heavy atom. The fourth-order valence-electron chi connectivity index (χ4n) is 3.32. The molecule has 1 aliphatic heterocycles. The molecule has 1 aromatic heterocycles. The van der Waals surface area contributed by atoms with Gasteiger partial charge < -0.3 is 9.84 Å². The maximum atomic E-state index is 12.1. The smallest absolute Gasteiger partial charge is 0.330 e. The van der Waals surface area contributed by atoms with Gasteiger partial charge in [0.05, 0.1) is 5.60 Å². The molecule has 6 nitrogen and oxygen atoms in total. The molecule has 2 rings (SSSR count). The zero-order valence-electron chi connectivity index (χ0n) is 13.8. The highest BCUT2D eigenvalue weighted by Crippen LogP contribution is 2.45. The highest BCUT2D eigenvalue weighted by Gasteiger charge is 2.51. The average molecular weight is 310 g/mol. The number of unbranched alkanes of at least 4 members (excludes halogenated alkanes) is 1. The molecule has 0 aliphatic carbocycles. The number of aryl methyl sites for hydroxylation is 1. The summed E-state index contributed by atoms with van der Waals surface area (Å²) in [4.78, 5) is 25.8. The average Bonchev–Trinajstić information content (AvgIpc) is 2.74. The van der Waals surface area contributed by atoms with Crippen LogP contribution in [0.3, 0.4) is 0 Å². The summed E-state index contributed by atoms with van der Waals surface area (Å²) in [6, 6.07) is 0. The van der Waals surface area contributed by atoms with Crippen molar-refractivity contribution in [3.05, 3.63) is 32.6 Å². The first-order valence-corrected chi connectivity index (χ1v) is 8.04. The quantitative estimate of drug-likeness (QED) is 0.867. The van der Waals surface area contributed by atoms with Crippen LogP contribution in [0.25, 0.3) is 0 Å². The first kappa shape index (κ1) is 17.0. The fourth-order valence-corrected chi connectivity index (χ4v) is 3.32. The summed E-state index contributed by atoms with van der Waals surface area (Å²) in [5.74, 6) is -0.0758. The van der Waals surface area contributed by atoms with E-state index in [0.717, 1.165) is 25.7 Å². The molecule has 2 heterocycles. The summed E-state index contributed by atoms with van der Waals surface area (Å²) in [6.07, 6.45) is 3.63. The third kappa shape index (κ3) is 2.77. The Balaban J connectivity index is 2.40. The van der Waals surface area contributed by atoms with Gasteiger partial charge in [-0.15, -0.1) is 0 Å². The molecule has 0 bridgehead atoms. The molecule has 124 valence electrons. The van der Waals surface area contributed by atoms with E-state index in [-0.39, 0.29) is 5.92 Å². The molecule has 0 spiro atoms. The Morgan fingerprint density at radius 2 is 2.09 bits per heavy atom. The van der Waals surface area contributed by atoms with Gasteiger partial charge in [-0.05, 0) is 19.8 Å². The van der Waals surface area contributed by atoms with E-state index in [2.05, 4.69) is 11.9 Å². The van der Waals surface area contributed by atoms with Crippen LogP contribution in [-0.4, -0.2) is 26.4 Å². The van der Waals surface area contributed by atoms with Crippen molar-refractivity contribution in [1.29, 1.82) is 0 Å². The fraction of sp³-hybridized carbons (Fsp3) is 0.750. The number of hydrogen-bond acceptors (Lipinski definition) is 4. The molecule has 0 radical (unpaired) electrons. The topological polar surface area (TPSA) is 84.3 Å². The number of aliphatic hydroxyl groups is 1. The van der Waals surface area contributed by atoms with Gasteiger partial charge in [-0.3, -0.25) is 14.3 Å². The number of H-pyrrole nitrogens is 1. The van der Waals surface area contributed by atoms with E-state index in [0.29, 0.717) is 5.56 Å². The Bertz CT molecular complexity index is 636. The second kappa shape index (κ2) is 6.38. The van der Waals surface area contributed by atoms with Gasteiger partial charge in [0.1, 0.15) is 6.10 Å². The predicted octanol–water partition coefficient (Wildman–Crippen LogP) is 1.71. The zero-order valence-corrected chi connectivity index (χ0v) is 13.8. The third-order valence-electron chi connectivity index (χ3n) is 4.96. The van der Waals surface area contributed by atoms with Crippen molar-refractivity contribution in [2.24, 2.45) is 5.92 Å². The molecule has 6 heteroatoms. The molecule has 1 aliphatic rings. The van der Waals surface area contributed by atoms with Gasteiger partial charge in [0.15, 0.2) is 6.23 Å². The lowest BCUT2D eigenvalue weighted by atomic mass is 9.81. The van der Waals surface area contributed by atoms with Gasteiger partial charge in [0.25, 0.3) is 5.56 Å². The number of rotatable bonds is 5. The highest BCUT2D eigenvalue weighted by atomic mass is 16.5. The van der Waals surface area contributed by atoms with Crippen molar-refractivity contribution in [3.8, 4) is 0 Å². The Kier molecular flexibility index (Phi) is 4.92. The van der Waals surface area contributed by atoms with Crippen molar-refractivity contribution < 1.29 is 9.84 Å². The second-order valence-corrected chi connectivity index (χ2v) is 6.29. The molecule has 2 N–H and O–H groups in total. The second-order valence-electron chi connectivity index (χ2n) is 6.29. The summed E-state index contributed by atoms with van der Waals surface area (Å²) >= 11 is 0. The standard InChI is InChI=1S/C16H26N2O4/c1-5-7-8-16(6-2)11(4)12(19)14(22-16)18-9-10(3)13(20)17-15(18)21/h9,11-12,14,19H,5-8H2,1-4H3,(H,17,20,21)/t11-,12+,14+,16-/m0/s1. The van der Waals surface area contributed by atoms with Crippen LogP contribution in [0.4, 0.5) is 0 Å². The van der Waals surface area contributed by atoms with E-state index >= 15 is 0 Å². The highest BCUT2D eigenvalue weighted by molar-refractivity contribution is 5.04. The van der Waals surface area contributed by atoms with E-state index in [4.69, 9.17) is 4.74 Å². The minimum atomic E-state index is -0.778. The Labute approximate surface area is 130 Å². The molecule has 1 saturated heterocycles. The van der Waals surface area contributed by atoms with E-state index in [9.17, 15) is 14.7 Å². The molecule has 4 atom stereocenters. The maximum Gasteiger partial charge on any atom is 0.330 e. The number of aliphatic hydroxyl groups excluding tert-OH is 1. The molecule has 1 aromatic rings. The van der Waals surface area contributed by atoms with Gasteiger partial charge in [0, 0.05) is 17.7 Å². The first-order chi connectivity index (χ1) is 10.4. The third-order valence-corrected chi connectivity index (χ3v) is 4.96. The van der Waals surface area contributed by atoms with Crippen LogP contribution < -0.4 is 11.2 Å². The Morgan fingerprint density at radius 3 is 2.68 bits per heavy atom. The van der Waals surface area contributed by atoms with Gasteiger partial charge in [0.2, 0.25) is 0 Å². The van der Waals surface area contributed by atoms with Crippen molar-refractivity contribution in [2.75, 3.05) is 0 Å². The monoisotopic (exact) mass is 310 g/mol. The van der Waals surface area contributed by atoms with E-state index < -0.39 is 29.2 Å². The van der Waals surface area contributed by atoms with Crippen LogP contribution in [-0.2, 0) is 4.74 Å². The largest absolute Gasteiger partial charge is 0.388 e. The lowest BCUT2D eigenvalue weighted by Gasteiger charge is -2.32. The van der Waals surface area contributed by atoms with Gasteiger partial charge in [-0.2, -0.15) is 0 Å². The lowest BCUT2D eigenvalue weighted by molar-refractivity contribution is -0.101. The molecular formula is C16H26N2O4. The van der Waals surface area contributed by atoms with Crippen molar-refractivity contribution in [1.82, 2.24) is 9.55 Å². The van der Waals surface area contributed by atoms with Crippen LogP contribution in [0, 0.1) is 12.8 Å². The van der Waals surface area contributed by atoms with E-state index in [1.54, 1.807) is 6.92 Å². The zero-order chi connectivity index (χ0) is 16.5. The van der Waals surface area contributed by atoms with Crippen LogP contribution in [0.2, 0.25) is 0 Å². The number of nitrogens with zero attached hydrogens (tertiary/aromatic N) is 1. The van der Waals surface area contributed by atoms with E-state index in [1.807, 2.05) is 13.8 Å². The molecule has 0 unspecified atom stereocenters. The summed E-state index contributed by atoms with van der Waals surface area (Å²) in [5.41, 5.74) is -0.960. The van der Waals surface area contributed by atoms with E-state index in [1.165, 1.54) is 10.8 Å². The van der Waals surface area contributed by atoms with Gasteiger partial charge >= 0.3 is 5.69 Å². The molecule has 0 aromatic carbocycles. The molecule has 1 fully saturated rings. The molecule has 0 saturated carbocycles. The van der Waals surface area contributed by atoms with Crippen LogP contribution in [0.15, 0.2) is 15.8 Å². The number of hydrogen-bond donors (Lipinski definition) is 2. The first-order valence-electron chi connectivity index (χ1n) is 8.04. The van der Waals surface area contributed by atoms with Crippen LogP contribution >= 0.6 is 0 Å². The summed E-state index contributed by atoms with van der Waals surface area (Å²) in [6.45, 7) is 7.76. The maximum absolute atomic E-state index is 12.1. The van der Waals surface area contributed by atoms with Crippen molar-refractivity contribution in [2.45, 2.75) is 71.3 Å². The normalized spacial score (nSPS) is 31.6. The molecule has 0 amide bonds. The van der Waals surface area contributed by atoms with Crippen molar-refractivity contribution in [3.63, 3.8) is 0 Å². The predicted molar refractivity (Wildman–Crippen MR) is 83.9 cm³/mol. The molecular weight excluding hydrogens is 284 g/mol. The number of ether oxygens (including phenoxy) is 1. The minimum absolute atomic E-state index is 0.0758. The van der Waals surface area contributed by atoms with Crippen molar-refractivity contribution >= 4 is 0 Å². The number of nitrogens with one attached hydrogen (secondary N) is 1. The van der Waals surface area contributed by atoms with Gasteiger partial charge in [-0.1, -0.05) is 33.6 Å². The van der Waals surface area contributed by atoms with Gasteiger partial charge in [-0.25, -0.2) is 4.79 Å². The van der Waals surface area contributed by atoms with Crippen LogP contribution in [0.1, 0.15) is 58.2 Å².